The van der Waals surface area contributed by atoms with Crippen LogP contribution in [-0.2, 0) is 20.7 Å². The molecule has 33 heavy (non-hydrogen) atoms. The van der Waals surface area contributed by atoms with Gasteiger partial charge in [0.1, 0.15) is 12.1 Å². The van der Waals surface area contributed by atoms with E-state index in [9.17, 15) is 14.4 Å². The highest BCUT2D eigenvalue weighted by atomic mass is 16.5. The zero-order valence-electron chi connectivity index (χ0n) is 19.9. The van der Waals surface area contributed by atoms with Crippen molar-refractivity contribution in [1.82, 2.24) is 20.5 Å². The van der Waals surface area contributed by atoms with Crippen molar-refractivity contribution >= 4 is 28.8 Å². The van der Waals surface area contributed by atoms with Crippen molar-refractivity contribution in [1.29, 1.82) is 0 Å². The molecule has 3 rings (SSSR count). The molecule has 2 heterocycles. The molecule has 2 aromatic rings. The summed E-state index contributed by atoms with van der Waals surface area (Å²) in [5.74, 6) is -0.701. The molecule has 0 aliphatic carbocycles. The van der Waals surface area contributed by atoms with Gasteiger partial charge in [0.2, 0.25) is 5.91 Å². The SMILES string of the molecule is COC(=O)[C@@H](Cc1c[nH]c2ccccc12)NC(=O)[C@H](CC(C)C)NC(=O)N1CCCCCC1. The lowest BCUT2D eigenvalue weighted by atomic mass is 10.0. The van der Waals surface area contributed by atoms with Gasteiger partial charge in [-0.1, -0.05) is 44.9 Å². The van der Waals surface area contributed by atoms with Crippen LogP contribution in [0.1, 0.15) is 51.5 Å². The number of fused-ring (bicyclic) bond motifs is 1. The number of carbonyl (C=O) groups excluding carboxylic acids is 3. The first-order valence-electron chi connectivity index (χ1n) is 11.9. The van der Waals surface area contributed by atoms with Gasteiger partial charge in [-0.25, -0.2) is 9.59 Å². The average Bonchev–Trinajstić information content (AvgIpc) is 3.01. The van der Waals surface area contributed by atoms with Crippen LogP contribution in [0.3, 0.4) is 0 Å². The lowest BCUT2D eigenvalue weighted by Gasteiger charge is -2.27. The first-order valence-corrected chi connectivity index (χ1v) is 11.9. The van der Waals surface area contributed by atoms with Gasteiger partial charge < -0.3 is 25.3 Å². The number of esters is 1. The second-order valence-corrected chi connectivity index (χ2v) is 9.18. The lowest BCUT2D eigenvalue weighted by molar-refractivity contribution is -0.145. The molecular formula is C25H36N4O4. The van der Waals surface area contributed by atoms with Gasteiger partial charge in [0, 0.05) is 36.6 Å². The minimum atomic E-state index is -0.855. The topological polar surface area (TPSA) is 104 Å². The number of nitrogens with zero attached hydrogens (tertiary/aromatic N) is 1. The normalized spacial score (nSPS) is 16.2. The van der Waals surface area contributed by atoms with Crippen LogP contribution in [0, 0.1) is 5.92 Å². The first kappa shape index (κ1) is 24.6. The molecule has 0 unspecified atom stereocenters. The fourth-order valence-electron chi connectivity index (χ4n) is 4.35. The van der Waals surface area contributed by atoms with Gasteiger partial charge in [0.15, 0.2) is 0 Å². The Morgan fingerprint density at radius 2 is 1.73 bits per heavy atom. The number of para-hydroxylation sites is 1. The zero-order chi connectivity index (χ0) is 23.8. The number of benzene rings is 1. The molecule has 3 N–H and O–H groups in total. The molecule has 1 fully saturated rings. The molecule has 1 aromatic heterocycles. The first-order chi connectivity index (χ1) is 15.9. The van der Waals surface area contributed by atoms with E-state index in [1.807, 2.05) is 44.3 Å². The van der Waals surface area contributed by atoms with Crippen molar-refractivity contribution in [2.45, 2.75) is 64.5 Å². The molecule has 2 atom stereocenters. The summed E-state index contributed by atoms with van der Waals surface area (Å²) in [5.41, 5.74) is 1.88. The van der Waals surface area contributed by atoms with Crippen LogP contribution in [0.25, 0.3) is 10.9 Å². The molecule has 1 aliphatic heterocycles. The Morgan fingerprint density at radius 3 is 2.39 bits per heavy atom. The number of rotatable bonds is 8. The monoisotopic (exact) mass is 456 g/mol. The molecule has 1 saturated heterocycles. The smallest absolute Gasteiger partial charge is 0.328 e. The van der Waals surface area contributed by atoms with E-state index in [4.69, 9.17) is 4.74 Å². The van der Waals surface area contributed by atoms with Gasteiger partial charge in [0.25, 0.3) is 0 Å². The standard InChI is InChI=1S/C25H36N4O4/c1-17(2)14-21(28-25(32)29-12-8-4-5-9-13-29)23(30)27-22(24(31)33-3)15-18-16-26-20-11-7-6-10-19(18)20/h6-7,10-11,16-17,21-22,26H,4-5,8-9,12-15H2,1-3H3,(H,27,30)(H,28,32)/t21-,22+/m0/s1. The Hall–Kier alpha value is -3.03. The van der Waals surface area contributed by atoms with Gasteiger partial charge in [0.05, 0.1) is 7.11 Å². The number of carbonyl (C=O) groups is 3. The molecular weight excluding hydrogens is 420 g/mol. The van der Waals surface area contributed by atoms with E-state index in [1.165, 1.54) is 7.11 Å². The number of likely N-dealkylation sites (tertiary alicyclic amines) is 1. The number of amides is 3. The Morgan fingerprint density at radius 1 is 1.03 bits per heavy atom. The number of urea groups is 1. The number of H-pyrrole nitrogens is 1. The van der Waals surface area contributed by atoms with Crippen LogP contribution >= 0.6 is 0 Å². The van der Waals surface area contributed by atoms with E-state index in [-0.39, 0.29) is 24.3 Å². The Labute approximate surface area is 195 Å². The predicted molar refractivity (Wildman–Crippen MR) is 128 cm³/mol. The zero-order valence-corrected chi connectivity index (χ0v) is 19.9. The molecule has 8 heteroatoms. The minimum Gasteiger partial charge on any atom is -0.467 e. The minimum absolute atomic E-state index is 0.190. The van der Waals surface area contributed by atoms with Crippen molar-refractivity contribution in [3.63, 3.8) is 0 Å². The molecule has 3 amide bonds. The third-order valence-electron chi connectivity index (χ3n) is 6.12. The second kappa shape index (κ2) is 11.7. The van der Waals surface area contributed by atoms with Crippen molar-refractivity contribution < 1.29 is 19.1 Å². The average molecular weight is 457 g/mol. The van der Waals surface area contributed by atoms with Crippen molar-refractivity contribution in [3.05, 3.63) is 36.0 Å². The van der Waals surface area contributed by atoms with Gasteiger partial charge >= 0.3 is 12.0 Å². The second-order valence-electron chi connectivity index (χ2n) is 9.18. The van der Waals surface area contributed by atoms with Gasteiger partial charge in [-0.3, -0.25) is 4.79 Å². The summed E-state index contributed by atoms with van der Waals surface area (Å²) in [6, 6.07) is 6.00. The predicted octanol–water partition coefficient (Wildman–Crippen LogP) is 3.37. The summed E-state index contributed by atoms with van der Waals surface area (Å²) >= 11 is 0. The maximum atomic E-state index is 13.2. The molecule has 0 spiro atoms. The summed E-state index contributed by atoms with van der Waals surface area (Å²) < 4.78 is 4.97. The number of hydrogen-bond donors (Lipinski definition) is 3. The van der Waals surface area contributed by atoms with Crippen LogP contribution in [0.15, 0.2) is 30.5 Å². The van der Waals surface area contributed by atoms with Crippen LogP contribution < -0.4 is 10.6 Å². The Kier molecular flexibility index (Phi) is 8.74. The van der Waals surface area contributed by atoms with E-state index in [0.717, 1.165) is 42.1 Å². The molecule has 8 nitrogen and oxygen atoms in total. The third kappa shape index (κ3) is 6.73. The highest BCUT2D eigenvalue weighted by molar-refractivity contribution is 5.91. The molecule has 0 saturated carbocycles. The summed E-state index contributed by atoms with van der Waals surface area (Å²) in [5, 5.41) is 6.74. The van der Waals surface area contributed by atoms with Gasteiger partial charge in [-0.15, -0.1) is 0 Å². The number of aromatic nitrogens is 1. The Balaban J connectivity index is 1.72. The van der Waals surface area contributed by atoms with Crippen molar-refractivity contribution in [3.8, 4) is 0 Å². The molecule has 0 radical (unpaired) electrons. The number of aromatic amines is 1. The molecule has 1 aliphatic rings. The van der Waals surface area contributed by atoms with Crippen molar-refractivity contribution in [2.24, 2.45) is 5.92 Å². The highest BCUT2D eigenvalue weighted by Gasteiger charge is 2.30. The number of hydrogen-bond acceptors (Lipinski definition) is 4. The van der Waals surface area contributed by atoms with Gasteiger partial charge in [-0.2, -0.15) is 0 Å². The van der Waals surface area contributed by atoms with Gasteiger partial charge in [-0.05, 0) is 36.8 Å². The summed E-state index contributed by atoms with van der Waals surface area (Å²) in [7, 11) is 1.31. The van der Waals surface area contributed by atoms with E-state index >= 15 is 0 Å². The summed E-state index contributed by atoms with van der Waals surface area (Å²) in [6.45, 7) is 5.41. The lowest BCUT2D eigenvalue weighted by Crippen LogP contribution is -2.55. The van der Waals surface area contributed by atoms with E-state index in [0.29, 0.717) is 19.5 Å². The molecule has 180 valence electrons. The van der Waals surface area contributed by atoms with E-state index in [1.54, 1.807) is 4.90 Å². The Bertz CT molecular complexity index is 947. The molecule has 1 aromatic carbocycles. The van der Waals surface area contributed by atoms with Crippen LogP contribution in [-0.4, -0.2) is 60.1 Å². The number of nitrogens with one attached hydrogen (secondary N) is 3. The molecule has 0 bridgehead atoms. The number of methoxy groups -OCH3 is 1. The fourth-order valence-corrected chi connectivity index (χ4v) is 4.35. The van der Waals surface area contributed by atoms with Crippen molar-refractivity contribution in [2.75, 3.05) is 20.2 Å². The van der Waals surface area contributed by atoms with Crippen LogP contribution in [0.2, 0.25) is 0 Å². The van der Waals surface area contributed by atoms with E-state index in [2.05, 4.69) is 15.6 Å². The van der Waals surface area contributed by atoms with Crippen LogP contribution in [0.5, 0.6) is 0 Å². The maximum Gasteiger partial charge on any atom is 0.328 e. The largest absolute Gasteiger partial charge is 0.467 e. The van der Waals surface area contributed by atoms with Crippen LogP contribution in [0.4, 0.5) is 4.79 Å². The fraction of sp³-hybridized carbons (Fsp3) is 0.560. The highest BCUT2D eigenvalue weighted by Crippen LogP contribution is 2.20. The maximum absolute atomic E-state index is 13.2. The third-order valence-corrected chi connectivity index (χ3v) is 6.12. The quantitative estimate of drug-likeness (QED) is 0.530. The van der Waals surface area contributed by atoms with E-state index < -0.39 is 18.1 Å². The number of ether oxygens (including phenoxy) is 1. The summed E-state index contributed by atoms with van der Waals surface area (Å²) in [4.78, 5) is 43.6. The summed E-state index contributed by atoms with van der Waals surface area (Å²) in [6.07, 6.45) is 6.80.